The van der Waals surface area contributed by atoms with Crippen LogP contribution in [0.3, 0.4) is 0 Å². The first-order valence-corrected chi connectivity index (χ1v) is 6.54. The molecule has 1 saturated heterocycles. The van der Waals surface area contributed by atoms with Gasteiger partial charge in [-0.2, -0.15) is 0 Å². The van der Waals surface area contributed by atoms with Crippen LogP contribution in [0.2, 0.25) is 0 Å². The molecule has 3 nitrogen and oxygen atoms in total. The lowest BCUT2D eigenvalue weighted by molar-refractivity contribution is 0.277. The van der Waals surface area contributed by atoms with Gasteiger partial charge in [-0.25, -0.2) is 0 Å². The Bertz CT molecular complexity index is 376. The number of nitrogens with two attached hydrogens (primary N) is 1. The van der Waals surface area contributed by atoms with Gasteiger partial charge in [0.15, 0.2) is 0 Å². The molecule has 2 rings (SSSR count). The average molecular weight is 233 g/mol. The summed E-state index contributed by atoms with van der Waals surface area (Å²) >= 11 is 0. The maximum atomic E-state index is 5.91. The van der Waals surface area contributed by atoms with Crippen molar-refractivity contribution in [2.45, 2.75) is 32.7 Å². The summed E-state index contributed by atoms with van der Waals surface area (Å²) in [5, 5.41) is 3.50. The Labute approximate surface area is 104 Å². The number of likely N-dealkylation sites (tertiary alicyclic amines) is 1. The molecule has 0 amide bonds. The van der Waals surface area contributed by atoms with E-state index < -0.39 is 0 Å². The second kappa shape index (κ2) is 5.41. The van der Waals surface area contributed by atoms with Crippen LogP contribution >= 0.6 is 0 Å². The zero-order valence-electron chi connectivity index (χ0n) is 10.9. The van der Waals surface area contributed by atoms with Crippen molar-refractivity contribution < 1.29 is 0 Å². The van der Waals surface area contributed by atoms with Crippen LogP contribution in [0.25, 0.3) is 0 Å². The molecule has 0 aliphatic carbocycles. The second-order valence-corrected chi connectivity index (χ2v) is 4.88. The number of aryl methyl sites for hydroxylation is 1. The van der Waals surface area contributed by atoms with Crippen LogP contribution in [0.5, 0.6) is 0 Å². The molecule has 1 unspecified atom stereocenters. The van der Waals surface area contributed by atoms with E-state index in [1.807, 2.05) is 13.0 Å². The Kier molecular flexibility index (Phi) is 3.89. The summed E-state index contributed by atoms with van der Waals surface area (Å²) in [7, 11) is 0. The van der Waals surface area contributed by atoms with E-state index in [2.05, 4.69) is 29.3 Å². The van der Waals surface area contributed by atoms with Gasteiger partial charge in [-0.1, -0.05) is 13.0 Å². The summed E-state index contributed by atoms with van der Waals surface area (Å²) in [6.45, 7) is 7.70. The highest BCUT2D eigenvalue weighted by molar-refractivity contribution is 5.58. The number of rotatable bonds is 4. The number of anilines is 2. The van der Waals surface area contributed by atoms with Crippen molar-refractivity contribution in [1.82, 2.24) is 4.90 Å². The number of nitrogen functional groups attached to an aromatic ring is 1. The lowest BCUT2D eigenvalue weighted by atomic mass is 10.1. The lowest BCUT2D eigenvalue weighted by Crippen LogP contribution is -2.34. The Morgan fingerprint density at radius 2 is 2.29 bits per heavy atom. The number of hydrogen-bond acceptors (Lipinski definition) is 3. The first-order valence-electron chi connectivity index (χ1n) is 6.54. The summed E-state index contributed by atoms with van der Waals surface area (Å²) in [5.41, 5.74) is 9.06. The molecule has 0 aromatic heterocycles. The maximum absolute atomic E-state index is 5.91. The fraction of sp³-hybridized carbons (Fsp3) is 0.571. The largest absolute Gasteiger partial charge is 0.398 e. The maximum Gasteiger partial charge on any atom is 0.0364 e. The fourth-order valence-corrected chi connectivity index (χ4v) is 2.53. The highest BCUT2D eigenvalue weighted by atomic mass is 15.2. The Hall–Kier alpha value is -1.22. The molecule has 1 aliphatic heterocycles. The zero-order chi connectivity index (χ0) is 12.3. The molecule has 0 spiro atoms. The van der Waals surface area contributed by atoms with Crippen molar-refractivity contribution in [2.24, 2.45) is 0 Å². The van der Waals surface area contributed by atoms with Crippen LogP contribution in [0.1, 0.15) is 25.3 Å². The van der Waals surface area contributed by atoms with E-state index in [4.69, 9.17) is 5.73 Å². The van der Waals surface area contributed by atoms with Crippen LogP contribution in [0.4, 0.5) is 11.4 Å². The number of likely N-dealkylation sites (N-methyl/N-ethyl adjacent to an activating group) is 1. The number of nitrogens with zero attached hydrogens (tertiary/aromatic N) is 1. The third-order valence-corrected chi connectivity index (χ3v) is 3.73. The van der Waals surface area contributed by atoms with Gasteiger partial charge in [0.05, 0.1) is 0 Å². The highest BCUT2D eigenvalue weighted by Gasteiger charge is 2.22. The van der Waals surface area contributed by atoms with Gasteiger partial charge in [-0.15, -0.1) is 0 Å². The van der Waals surface area contributed by atoms with Gasteiger partial charge in [0.25, 0.3) is 0 Å². The fourth-order valence-electron chi connectivity index (χ4n) is 2.53. The molecule has 0 saturated carbocycles. The van der Waals surface area contributed by atoms with Crippen molar-refractivity contribution in [3.8, 4) is 0 Å². The standard InChI is InChI=1S/C14H23N3/c1-3-17-8-4-5-13(17)10-16-12-7-6-11(2)14(15)9-12/h6-7,9,13,16H,3-5,8,10,15H2,1-2H3. The van der Waals surface area contributed by atoms with E-state index in [1.54, 1.807) is 0 Å². The van der Waals surface area contributed by atoms with Crippen LogP contribution in [-0.2, 0) is 0 Å². The number of benzene rings is 1. The molecule has 1 fully saturated rings. The van der Waals surface area contributed by atoms with Crippen LogP contribution in [0.15, 0.2) is 18.2 Å². The van der Waals surface area contributed by atoms with Crippen LogP contribution in [0, 0.1) is 6.92 Å². The van der Waals surface area contributed by atoms with E-state index in [9.17, 15) is 0 Å². The molecule has 17 heavy (non-hydrogen) atoms. The topological polar surface area (TPSA) is 41.3 Å². The number of hydrogen-bond donors (Lipinski definition) is 2. The molecule has 1 aromatic rings. The third kappa shape index (κ3) is 2.91. The van der Waals surface area contributed by atoms with Crippen LogP contribution < -0.4 is 11.1 Å². The van der Waals surface area contributed by atoms with E-state index in [1.165, 1.54) is 19.4 Å². The lowest BCUT2D eigenvalue weighted by Gasteiger charge is -2.23. The van der Waals surface area contributed by atoms with E-state index >= 15 is 0 Å². The molecule has 1 heterocycles. The van der Waals surface area contributed by atoms with Gasteiger partial charge in [0.2, 0.25) is 0 Å². The normalized spacial score (nSPS) is 20.7. The van der Waals surface area contributed by atoms with Crippen molar-refractivity contribution in [2.75, 3.05) is 30.7 Å². The molecular weight excluding hydrogens is 210 g/mol. The molecule has 0 radical (unpaired) electrons. The molecule has 1 aromatic carbocycles. The molecule has 3 N–H and O–H groups in total. The van der Waals surface area contributed by atoms with Gasteiger partial charge in [-0.3, -0.25) is 4.90 Å². The second-order valence-electron chi connectivity index (χ2n) is 4.88. The molecular formula is C14H23N3. The van der Waals surface area contributed by atoms with Gasteiger partial charge in [-0.05, 0) is 50.6 Å². The summed E-state index contributed by atoms with van der Waals surface area (Å²) < 4.78 is 0. The Morgan fingerprint density at radius 1 is 1.47 bits per heavy atom. The molecule has 1 atom stereocenters. The molecule has 3 heteroatoms. The average Bonchev–Trinajstić information content (AvgIpc) is 2.78. The minimum Gasteiger partial charge on any atom is -0.398 e. The van der Waals surface area contributed by atoms with Gasteiger partial charge < -0.3 is 11.1 Å². The van der Waals surface area contributed by atoms with Crippen molar-refractivity contribution in [3.63, 3.8) is 0 Å². The SMILES string of the molecule is CCN1CCCC1CNc1ccc(C)c(N)c1. The van der Waals surface area contributed by atoms with Gasteiger partial charge in [0.1, 0.15) is 0 Å². The predicted octanol–water partition coefficient (Wildman–Crippen LogP) is 2.47. The predicted molar refractivity (Wildman–Crippen MR) is 74.4 cm³/mol. The molecule has 0 bridgehead atoms. The van der Waals surface area contributed by atoms with Crippen molar-refractivity contribution >= 4 is 11.4 Å². The minimum atomic E-state index is 0.683. The smallest absolute Gasteiger partial charge is 0.0364 e. The minimum absolute atomic E-state index is 0.683. The van der Waals surface area contributed by atoms with E-state index in [-0.39, 0.29) is 0 Å². The molecule has 1 aliphatic rings. The molecule has 94 valence electrons. The third-order valence-electron chi connectivity index (χ3n) is 3.73. The van der Waals surface area contributed by atoms with Crippen LogP contribution in [-0.4, -0.2) is 30.6 Å². The van der Waals surface area contributed by atoms with Crippen molar-refractivity contribution in [1.29, 1.82) is 0 Å². The monoisotopic (exact) mass is 233 g/mol. The summed E-state index contributed by atoms with van der Waals surface area (Å²) in [5.74, 6) is 0. The summed E-state index contributed by atoms with van der Waals surface area (Å²) in [4.78, 5) is 2.55. The quantitative estimate of drug-likeness (QED) is 0.785. The van der Waals surface area contributed by atoms with Crippen molar-refractivity contribution in [3.05, 3.63) is 23.8 Å². The van der Waals surface area contributed by atoms with Gasteiger partial charge in [0, 0.05) is 24.0 Å². The summed E-state index contributed by atoms with van der Waals surface area (Å²) in [6.07, 6.45) is 2.64. The van der Waals surface area contributed by atoms with Gasteiger partial charge >= 0.3 is 0 Å². The summed E-state index contributed by atoms with van der Waals surface area (Å²) in [6, 6.07) is 6.89. The first-order chi connectivity index (χ1) is 8.20. The zero-order valence-corrected chi connectivity index (χ0v) is 10.9. The Balaban J connectivity index is 1.91. The highest BCUT2D eigenvalue weighted by Crippen LogP contribution is 2.20. The first kappa shape index (κ1) is 12.2. The number of nitrogens with one attached hydrogen (secondary N) is 1. The Morgan fingerprint density at radius 3 is 3.00 bits per heavy atom. The van der Waals surface area contributed by atoms with E-state index in [0.717, 1.165) is 30.0 Å². The van der Waals surface area contributed by atoms with E-state index in [0.29, 0.717) is 6.04 Å².